The number of nitrogens with zero attached hydrogens (tertiary/aromatic N) is 1. The van der Waals surface area contributed by atoms with Crippen LogP contribution in [-0.4, -0.2) is 9.67 Å². The van der Waals surface area contributed by atoms with E-state index in [2.05, 4.69) is 47.2 Å². The quantitative estimate of drug-likeness (QED) is 0.647. The van der Waals surface area contributed by atoms with E-state index in [1.807, 2.05) is 12.1 Å². The van der Waals surface area contributed by atoms with Crippen molar-refractivity contribution in [1.82, 2.24) is 4.57 Å². The molecule has 2 nitrogen and oxygen atoms in total. The van der Waals surface area contributed by atoms with Gasteiger partial charge in [-0.1, -0.05) is 42.8 Å². The van der Waals surface area contributed by atoms with Gasteiger partial charge in [-0.15, -0.1) is 0 Å². The summed E-state index contributed by atoms with van der Waals surface area (Å²) in [5.41, 5.74) is 2.55. The minimum atomic E-state index is 0.371. The number of hydrogen-bond donors (Lipinski definition) is 1. The fourth-order valence-corrected chi connectivity index (χ4v) is 2.83. The van der Waals surface area contributed by atoms with Gasteiger partial charge < -0.3 is 9.67 Å². The van der Waals surface area contributed by atoms with Gasteiger partial charge in [-0.25, -0.2) is 0 Å². The second-order valence-electron chi connectivity index (χ2n) is 5.52. The van der Waals surface area contributed by atoms with Crippen molar-refractivity contribution in [2.75, 3.05) is 0 Å². The lowest BCUT2D eigenvalue weighted by Gasteiger charge is -2.06. The first-order valence-corrected chi connectivity index (χ1v) is 7.65. The first-order valence-electron chi connectivity index (χ1n) is 7.65. The second-order valence-corrected chi connectivity index (χ2v) is 5.52. The number of aromatic nitrogens is 1. The summed E-state index contributed by atoms with van der Waals surface area (Å²) in [6.07, 6.45) is 6.86. The highest BCUT2D eigenvalue weighted by Crippen LogP contribution is 2.25. The average molecular weight is 279 g/mol. The zero-order valence-corrected chi connectivity index (χ0v) is 12.2. The number of aromatic hydroxyl groups is 1. The Balaban J connectivity index is 1.50. The Morgan fingerprint density at radius 1 is 0.810 bits per heavy atom. The molecule has 0 saturated heterocycles. The van der Waals surface area contributed by atoms with E-state index in [0.29, 0.717) is 5.75 Å². The van der Waals surface area contributed by atoms with Gasteiger partial charge in [-0.2, -0.15) is 0 Å². The van der Waals surface area contributed by atoms with Crippen molar-refractivity contribution >= 4 is 10.9 Å². The molecule has 0 amide bonds. The van der Waals surface area contributed by atoms with Crippen molar-refractivity contribution in [2.45, 2.75) is 32.2 Å². The van der Waals surface area contributed by atoms with Crippen molar-refractivity contribution in [3.05, 3.63) is 66.4 Å². The number of phenolic OH excluding ortho intramolecular Hbond substituents is 1. The summed E-state index contributed by atoms with van der Waals surface area (Å²) in [6, 6.07) is 18.4. The molecule has 0 aliphatic carbocycles. The van der Waals surface area contributed by atoms with Crippen molar-refractivity contribution in [1.29, 1.82) is 0 Å². The summed E-state index contributed by atoms with van der Waals surface area (Å²) in [5.74, 6) is 0.371. The predicted molar refractivity (Wildman–Crippen MR) is 87.6 cm³/mol. The molecule has 0 bridgehead atoms. The fourth-order valence-electron chi connectivity index (χ4n) is 2.83. The third-order valence-corrected chi connectivity index (χ3v) is 4.00. The lowest BCUT2D eigenvalue weighted by atomic mass is 10.1. The Labute approximate surface area is 125 Å². The van der Waals surface area contributed by atoms with Gasteiger partial charge >= 0.3 is 0 Å². The molecule has 0 spiro atoms. The van der Waals surface area contributed by atoms with Gasteiger partial charge in [0.1, 0.15) is 5.75 Å². The van der Waals surface area contributed by atoms with E-state index in [1.54, 1.807) is 6.07 Å². The number of unbranched alkanes of at least 4 members (excludes halogenated alkanes) is 2. The molecule has 0 radical (unpaired) electrons. The Morgan fingerprint density at radius 3 is 2.52 bits per heavy atom. The normalized spacial score (nSPS) is 11.0. The minimum Gasteiger partial charge on any atom is -0.507 e. The minimum absolute atomic E-state index is 0.371. The fraction of sp³-hybridized carbons (Fsp3) is 0.263. The largest absolute Gasteiger partial charge is 0.507 e. The third kappa shape index (κ3) is 3.27. The molecule has 0 atom stereocenters. The van der Waals surface area contributed by atoms with Crippen LogP contribution in [0.3, 0.4) is 0 Å². The molecule has 1 N–H and O–H groups in total. The van der Waals surface area contributed by atoms with E-state index < -0.39 is 0 Å². The van der Waals surface area contributed by atoms with Gasteiger partial charge in [0.2, 0.25) is 0 Å². The monoisotopic (exact) mass is 279 g/mol. The van der Waals surface area contributed by atoms with Crippen LogP contribution in [-0.2, 0) is 13.0 Å². The third-order valence-electron chi connectivity index (χ3n) is 4.00. The molecule has 1 heterocycles. The zero-order chi connectivity index (χ0) is 14.5. The second kappa shape index (κ2) is 6.49. The molecule has 0 fully saturated rings. The number of rotatable bonds is 6. The van der Waals surface area contributed by atoms with Crippen molar-refractivity contribution in [3.8, 4) is 5.75 Å². The van der Waals surface area contributed by atoms with Crippen molar-refractivity contribution < 1.29 is 5.11 Å². The van der Waals surface area contributed by atoms with Crippen molar-refractivity contribution in [2.24, 2.45) is 0 Å². The summed E-state index contributed by atoms with van der Waals surface area (Å²) in [4.78, 5) is 0. The molecule has 2 heteroatoms. The summed E-state index contributed by atoms with van der Waals surface area (Å²) in [6.45, 7) is 1.02. The summed E-state index contributed by atoms with van der Waals surface area (Å²) in [7, 11) is 0. The zero-order valence-electron chi connectivity index (χ0n) is 12.2. The number of aryl methyl sites for hydroxylation is 2. The summed E-state index contributed by atoms with van der Waals surface area (Å²) >= 11 is 0. The average Bonchev–Trinajstić information content (AvgIpc) is 2.93. The Kier molecular flexibility index (Phi) is 4.25. The molecule has 21 heavy (non-hydrogen) atoms. The number of phenols is 1. The first kappa shape index (κ1) is 13.7. The van der Waals surface area contributed by atoms with Crippen LogP contribution in [0.2, 0.25) is 0 Å². The molecular formula is C19H21NO. The van der Waals surface area contributed by atoms with Gasteiger partial charge in [-0.3, -0.25) is 0 Å². The molecule has 0 aliphatic rings. The Bertz CT molecular complexity index is 700. The van der Waals surface area contributed by atoms with Crippen LogP contribution in [0.5, 0.6) is 5.75 Å². The van der Waals surface area contributed by atoms with E-state index in [4.69, 9.17) is 0 Å². The molecule has 0 aliphatic heterocycles. The topological polar surface area (TPSA) is 25.2 Å². The van der Waals surface area contributed by atoms with E-state index >= 15 is 0 Å². The molecule has 2 aromatic carbocycles. The van der Waals surface area contributed by atoms with Crippen molar-refractivity contribution in [3.63, 3.8) is 0 Å². The van der Waals surface area contributed by atoms with Gasteiger partial charge in [0.05, 0.1) is 5.52 Å². The highest BCUT2D eigenvalue weighted by Gasteiger charge is 2.03. The molecule has 3 aromatic rings. The van der Waals surface area contributed by atoms with E-state index in [0.717, 1.165) is 23.9 Å². The molecule has 0 saturated carbocycles. The lowest BCUT2D eigenvalue weighted by Crippen LogP contribution is -1.96. The van der Waals surface area contributed by atoms with Crippen LogP contribution < -0.4 is 0 Å². The predicted octanol–water partition coefficient (Wildman–Crippen LogP) is 4.76. The van der Waals surface area contributed by atoms with Crippen LogP contribution >= 0.6 is 0 Å². The number of hydrogen-bond acceptors (Lipinski definition) is 1. The summed E-state index contributed by atoms with van der Waals surface area (Å²) < 4.78 is 2.23. The Hall–Kier alpha value is -2.22. The Morgan fingerprint density at radius 2 is 1.67 bits per heavy atom. The van der Waals surface area contributed by atoms with E-state index in [1.165, 1.54) is 24.8 Å². The molecule has 0 unspecified atom stereocenters. The van der Waals surface area contributed by atoms with E-state index in [-0.39, 0.29) is 0 Å². The van der Waals surface area contributed by atoms with Gasteiger partial charge in [-0.05, 0) is 43.0 Å². The summed E-state index contributed by atoms with van der Waals surface area (Å²) in [5, 5.41) is 10.8. The van der Waals surface area contributed by atoms with Gasteiger partial charge in [0.25, 0.3) is 0 Å². The van der Waals surface area contributed by atoms with Gasteiger partial charge in [0, 0.05) is 18.1 Å². The molecule has 3 rings (SSSR count). The molecule has 1 aromatic heterocycles. The van der Waals surface area contributed by atoms with Crippen LogP contribution in [0, 0.1) is 0 Å². The van der Waals surface area contributed by atoms with Crippen LogP contribution in [0.4, 0.5) is 0 Å². The SMILES string of the molecule is Oc1cccc2c1ccn2CCCCCc1ccccc1. The number of benzene rings is 2. The highest BCUT2D eigenvalue weighted by atomic mass is 16.3. The van der Waals surface area contributed by atoms with Crippen LogP contribution in [0.15, 0.2) is 60.8 Å². The smallest absolute Gasteiger partial charge is 0.124 e. The standard InChI is InChI=1S/C19H21NO/c21-19-12-7-11-18-17(19)13-15-20(18)14-6-2-5-10-16-8-3-1-4-9-16/h1,3-4,7-9,11-13,15,21H,2,5-6,10,14H2. The maximum atomic E-state index is 9.81. The van der Waals surface area contributed by atoms with E-state index in [9.17, 15) is 5.11 Å². The van der Waals surface area contributed by atoms with Crippen LogP contribution in [0.1, 0.15) is 24.8 Å². The highest BCUT2D eigenvalue weighted by molar-refractivity contribution is 5.86. The maximum absolute atomic E-state index is 9.81. The molecule has 108 valence electrons. The first-order chi connectivity index (χ1) is 10.3. The van der Waals surface area contributed by atoms with Gasteiger partial charge in [0.15, 0.2) is 0 Å². The lowest BCUT2D eigenvalue weighted by molar-refractivity contribution is 0.481. The molecular weight excluding hydrogens is 258 g/mol. The van der Waals surface area contributed by atoms with Crippen LogP contribution in [0.25, 0.3) is 10.9 Å². The number of fused-ring (bicyclic) bond motifs is 1. The maximum Gasteiger partial charge on any atom is 0.124 e.